The predicted molar refractivity (Wildman–Crippen MR) is 101 cm³/mol. The molecule has 0 amide bonds. The molecule has 2 rings (SSSR count). The lowest BCUT2D eigenvalue weighted by molar-refractivity contribution is -0.148. The summed E-state index contributed by atoms with van der Waals surface area (Å²) in [6.07, 6.45) is 4.90. The van der Waals surface area contributed by atoms with E-state index >= 15 is 0 Å². The lowest BCUT2D eigenvalue weighted by Gasteiger charge is -2.34. The number of nitrogens with zero attached hydrogens (tertiary/aromatic N) is 3. The number of hydrazine groups is 1. The minimum Gasteiger partial charge on any atom is -0.466 e. The van der Waals surface area contributed by atoms with E-state index in [4.69, 9.17) is 10.6 Å². The highest BCUT2D eigenvalue weighted by molar-refractivity contribution is 5.73. The lowest BCUT2D eigenvalue weighted by atomic mass is 9.95. The van der Waals surface area contributed by atoms with Crippen molar-refractivity contribution < 1.29 is 9.53 Å². The zero-order valence-electron chi connectivity index (χ0n) is 15.1. The number of piperidine rings is 1. The Balaban J connectivity index is 2.08. The van der Waals surface area contributed by atoms with Gasteiger partial charge < -0.3 is 14.6 Å². The summed E-state index contributed by atoms with van der Waals surface area (Å²) in [6.45, 7) is 10.1. The van der Waals surface area contributed by atoms with Gasteiger partial charge in [0.25, 0.3) is 0 Å². The molecule has 1 aromatic carbocycles. The van der Waals surface area contributed by atoms with Crippen molar-refractivity contribution in [2.45, 2.75) is 33.2 Å². The van der Waals surface area contributed by atoms with E-state index in [1.165, 1.54) is 11.3 Å². The van der Waals surface area contributed by atoms with Crippen LogP contribution >= 0.6 is 0 Å². The van der Waals surface area contributed by atoms with Gasteiger partial charge in [0.2, 0.25) is 0 Å². The predicted octanol–water partition coefficient (Wildman–Crippen LogP) is 2.62. The smallest absolute Gasteiger partial charge is 0.309 e. The highest BCUT2D eigenvalue weighted by atomic mass is 16.5. The molecular weight excluding hydrogens is 316 g/mol. The summed E-state index contributed by atoms with van der Waals surface area (Å²) in [7, 11) is 0. The highest BCUT2D eigenvalue weighted by Gasteiger charge is 2.27. The Labute approximate surface area is 149 Å². The van der Waals surface area contributed by atoms with Crippen LogP contribution in [0, 0.1) is 12.8 Å². The number of carbonyl (C=O) groups excluding carboxylic acids is 1. The van der Waals surface area contributed by atoms with Crippen molar-refractivity contribution in [1.29, 1.82) is 0 Å². The molecule has 6 nitrogen and oxygen atoms in total. The van der Waals surface area contributed by atoms with Gasteiger partial charge in [0, 0.05) is 31.2 Å². The van der Waals surface area contributed by atoms with E-state index in [9.17, 15) is 4.79 Å². The average Bonchev–Trinajstić information content (AvgIpc) is 2.62. The van der Waals surface area contributed by atoms with Crippen molar-refractivity contribution in [3.63, 3.8) is 0 Å². The van der Waals surface area contributed by atoms with Gasteiger partial charge in [0.05, 0.1) is 19.1 Å². The molecule has 0 radical (unpaired) electrons. The van der Waals surface area contributed by atoms with Gasteiger partial charge in [-0.3, -0.25) is 9.79 Å². The van der Waals surface area contributed by atoms with Crippen LogP contribution < -0.4 is 10.7 Å². The Hall–Kier alpha value is -2.34. The Morgan fingerprint density at radius 1 is 1.48 bits per heavy atom. The molecule has 1 aliphatic rings. The molecule has 0 aromatic heterocycles. The third-order valence-corrected chi connectivity index (χ3v) is 4.41. The van der Waals surface area contributed by atoms with Crippen LogP contribution in [-0.2, 0) is 16.1 Å². The van der Waals surface area contributed by atoms with Crippen molar-refractivity contribution in [3.8, 4) is 0 Å². The van der Waals surface area contributed by atoms with Crippen LogP contribution in [0.3, 0.4) is 0 Å². The molecule has 1 saturated heterocycles. The van der Waals surface area contributed by atoms with Gasteiger partial charge in [-0.15, -0.1) is 0 Å². The first-order chi connectivity index (χ1) is 12.0. The number of hydrogen-bond donors (Lipinski definition) is 1. The fraction of sp³-hybridized carbons (Fsp3) is 0.474. The lowest BCUT2D eigenvalue weighted by Crippen LogP contribution is -2.38. The number of aliphatic imine (C=N–C) groups is 1. The number of carbonyl (C=O) groups is 1. The SMILES string of the molecule is C=N/C=C\N(N)Cc1ccc(C)cc1N1CCC(C(=O)OCC)CC1. The van der Waals surface area contributed by atoms with Crippen LogP contribution in [-0.4, -0.2) is 37.4 Å². The number of esters is 1. The standard InChI is InChI=1S/C19H28N4O2/c1-4-25-19(24)16-7-10-22(11-8-16)18-13-15(2)5-6-17(18)14-23(20)12-9-21-3/h5-6,9,12-13,16H,3-4,7-8,10-11,14,20H2,1-2H3/b12-9-. The Bertz CT molecular complexity index is 622. The van der Waals surface area contributed by atoms with E-state index in [0.717, 1.165) is 31.5 Å². The molecule has 1 fully saturated rings. The number of aryl methyl sites for hydroxylation is 1. The van der Waals surface area contributed by atoms with Crippen molar-refractivity contribution in [2.75, 3.05) is 24.6 Å². The number of benzene rings is 1. The molecule has 25 heavy (non-hydrogen) atoms. The fourth-order valence-corrected chi connectivity index (χ4v) is 3.10. The minimum absolute atomic E-state index is 0.0112. The van der Waals surface area contributed by atoms with Crippen LogP contribution in [0.25, 0.3) is 0 Å². The molecule has 136 valence electrons. The zero-order chi connectivity index (χ0) is 18.2. The quantitative estimate of drug-likeness (QED) is 0.356. The second kappa shape index (κ2) is 9.22. The number of ether oxygens (including phenoxy) is 1. The van der Waals surface area contributed by atoms with Crippen molar-refractivity contribution >= 4 is 18.4 Å². The van der Waals surface area contributed by atoms with Crippen LogP contribution in [0.2, 0.25) is 0 Å². The summed E-state index contributed by atoms with van der Waals surface area (Å²) in [5.41, 5.74) is 3.53. The maximum atomic E-state index is 11.9. The molecule has 2 N–H and O–H groups in total. The van der Waals surface area contributed by atoms with Gasteiger partial charge in [-0.1, -0.05) is 12.1 Å². The van der Waals surface area contributed by atoms with Crippen molar-refractivity contribution in [3.05, 3.63) is 41.7 Å². The summed E-state index contributed by atoms with van der Waals surface area (Å²) in [4.78, 5) is 17.9. The van der Waals surface area contributed by atoms with E-state index in [1.54, 1.807) is 17.4 Å². The zero-order valence-corrected chi connectivity index (χ0v) is 15.1. The topological polar surface area (TPSA) is 71.2 Å². The fourth-order valence-electron chi connectivity index (χ4n) is 3.10. The molecule has 0 saturated carbocycles. The summed E-state index contributed by atoms with van der Waals surface area (Å²) in [5, 5.41) is 1.59. The van der Waals surface area contributed by atoms with Gasteiger partial charge in [0.15, 0.2) is 0 Å². The summed E-state index contributed by atoms with van der Waals surface area (Å²) >= 11 is 0. The number of nitrogens with two attached hydrogens (primary N) is 1. The Morgan fingerprint density at radius 2 is 2.20 bits per heavy atom. The number of hydrogen-bond acceptors (Lipinski definition) is 6. The van der Waals surface area contributed by atoms with Gasteiger partial charge in [0.1, 0.15) is 0 Å². The average molecular weight is 344 g/mol. The summed E-state index contributed by atoms with van der Waals surface area (Å²) in [6, 6.07) is 6.38. The van der Waals surface area contributed by atoms with E-state index in [0.29, 0.717) is 13.2 Å². The van der Waals surface area contributed by atoms with Crippen molar-refractivity contribution in [1.82, 2.24) is 5.01 Å². The van der Waals surface area contributed by atoms with Gasteiger partial charge in [-0.2, -0.15) is 0 Å². The first-order valence-corrected chi connectivity index (χ1v) is 8.70. The third kappa shape index (κ3) is 5.32. The third-order valence-electron chi connectivity index (χ3n) is 4.41. The van der Waals surface area contributed by atoms with Crippen molar-refractivity contribution in [2.24, 2.45) is 16.8 Å². The molecule has 0 atom stereocenters. The molecule has 1 aliphatic heterocycles. The second-order valence-corrected chi connectivity index (χ2v) is 6.30. The van der Waals surface area contributed by atoms with E-state index in [1.807, 2.05) is 6.92 Å². The number of anilines is 1. The van der Waals surface area contributed by atoms with E-state index in [2.05, 4.69) is 41.7 Å². The molecular formula is C19H28N4O2. The molecule has 0 bridgehead atoms. The van der Waals surface area contributed by atoms with Crippen LogP contribution in [0.5, 0.6) is 0 Å². The summed E-state index contributed by atoms with van der Waals surface area (Å²) < 4.78 is 5.15. The molecule has 1 aromatic rings. The van der Waals surface area contributed by atoms with Crippen LogP contribution in [0.1, 0.15) is 30.9 Å². The molecule has 6 heteroatoms. The van der Waals surface area contributed by atoms with Gasteiger partial charge >= 0.3 is 5.97 Å². The largest absolute Gasteiger partial charge is 0.466 e. The van der Waals surface area contributed by atoms with Crippen LogP contribution in [0.4, 0.5) is 5.69 Å². The normalized spacial score (nSPS) is 15.4. The van der Waals surface area contributed by atoms with E-state index < -0.39 is 0 Å². The summed E-state index contributed by atoms with van der Waals surface area (Å²) in [5.74, 6) is 5.95. The maximum absolute atomic E-state index is 11.9. The van der Waals surface area contributed by atoms with Crippen LogP contribution in [0.15, 0.2) is 35.6 Å². The Kier molecular flexibility index (Phi) is 7.01. The molecule has 0 spiro atoms. The highest BCUT2D eigenvalue weighted by Crippen LogP contribution is 2.28. The molecule has 0 aliphatic carbocycles. The minimum atomic E-state index is -0.0678. The van der Waals surface area contributed by atoms with Gasteiger partial charge in [-0.05, 0) is 50.6 Å². The second-order valence-electron chi connectivity index (χ2n) is 6.30. The molecule has 0 unspecified atom stereocenters. The van der Waals surface area contributed by atoms with E-state index in [-0.39, 0.29) is 11.9 Å². The number of rotatable bonds is 7. The Morgan fingerprint density at radius 3 is 2.84 bits per heavy atom. The monoisotopic (exact) mass is 344 g/mol. The maximum Gasteiger partial charge on any atom is 0.309 e. The first-order valence-electron chi connectivity index (χ1n) is 8.70. The first kappa shape index (κ1) is 19.0. The van der Waals surface area contributed by atoms with Gasteiger partial charge in [-0.25, -0.2) is 5.84 Å². The molecule has 1 heterocycles.